The monoisotopic (exact) mass is 733 g/mol. The van der Waals surface area contributed by atoms with Crippen LogP contribution < -0.4 is 26.0 Å². The Kier molecular flexibility index (Phi) is 9.15. The first-order valence-electron chi connectivity index (χ1n) is 18.6. The number of piperazine rings is 1. The first-order chi connectivity index (χ1) is 25.9. The van der Waals surface area contributed by atoms with Crippen LogP contribution in [0, 0.1) is 5.41 Å². The van der Waals surface area contributed by atoms with E-state index < -0.39 is 5.91 Å². The highest BCUT2D eigenvalue weighted by Crippen LogP contribution is 2.40. The lowest BCUT2D eigenvalue weighted by Crippen LogP contribution is -2.59. The Balaban J connectivity index is 1.08. The zero-order valence-electron chi connectivity index (χ0n) is 31.3. The Bertz CT molecular complexity index is 2220. The van der Waals surface area contributed by atoms with Crippen molar-refractivity contribution >= 4 is 40.6 Å². The van der Waals surface area contributed by atoms with Crippen LogP contribution in [-0.4, -0.2) is 92.4 Å². The third-order valence-electron chi connectivity index (χ3n) is 11.2. The quantitative estimate of drug-likeness (QED) is 0.218. The average molecular weight is 734 g/mol. The van der Waals surface area contributed by atoms with E-state index in [0.29, 0.717) is 59.0 Å². The molecule has 2 amide bonds. The van der Waals surface area contributed by atoms with Gasteiger partial charge >= 0.3 is 0 Å². The maximum atomic E-state index is 13.9. The lowest BCUT2D eigenvalue weighted by atomic mass is 9.90. The van der Waals surface area contributed by atoms with Crippen molar-refractivity contribution in [3.63, 3.8) is 0 Å². The van der Waals surface area contributed by atoms with Crippen molar-refractivity contribution < 1.29 is 19.4 Å². The summed E-state index contributed by atoms with van der Waals surface area (Å²) in [5, 5.41) is 16.8. The van der Waals surface area contributed by atoms with E-state index in [1.807, 2.05) is 12.1 Å². The molecule has 4 aromatic heterocycles. The first-order valence-corrected chi connectivity index (χ1v) is 18.6. The number of anilines is 5. The lowest BCUT2D eigenvalue weighted by molar-refractivity contribution is -0.111. The van der Waals surface area contributed by atoms with Gasteiger partial charge < -0.3 is 34.5 Å². The van der Waals surface area contributed by atoms with Gasteiger partial charge in [0.2, 0.25) is 5.91 Å². The SMILES string of the molecule is C=CC(=O)Nc1nc(Nc2cc(-c3ccnc(N4CCn5c(cc6c5CC(C)(C)C6)C4=O)c3CO)cn(C)c2=O)ccc1N1CCN(C2COC2)C[C@@H]1C. The molecule has 3 N–H and O–H groups in total. The average Bonchev–Trinajstić information content (AvgIpc) is 3.61. The minimum atomic E-state index is -0.393. The van der Waals surface area contributed by atoms with Crippen LogP contribution in [0.25, 0.3) is 11.1 Å². The van der Waals surface area contributed by atoms with Crippen molar-refractivity contribution in [1.29, 1.82) is 0 Å². The Labute approximate surface area is 314 Å². The number of aliphatic hydroxyl groups is 1. The number of hydrogen-bond acceptors (Lipinski definition) is 10. The van der Waals surface area contributed by atoms with E-state index in [1.165, 1.54) is 21.9 Å². The molecule has 0 spiro atoms. The highest BCUT2D eigenvalue weighted by Gasteiger charge is 2.38. The molecule has 8 rings (SSSR count). The number of ether oxygens (including phenoxy) is 1. The number of amides is 2. The van der Waals surface area contributed by atoms with Crippen molar-refractivity contribution in [2.45, 2.75) is 58.8 Å². The van der Waals surface area contributed by atoms with Crippen LogP contribution in [0.5, 0.6) is 0 Å². The summed E-state index contributed by atoms with van der Waals surface area (Å²) >= 11 is 0. The van der Waals surface area contributed by atoms with Crippen LogP contribution >= 0.6 is 0 Å². The standard InChI is InChI=1S/C40H47N9O5/c1-6-35(51)44-36-31(47-12-11-46(19-24(47)2)27-22-54-23-27)7-8-34(43-36)42-30-15-26(20-45(5)38(30)52)28-9-10-41-37(29(28)21-50)49-14-13-48-32(39(49)53)16-25-17-40(3,4)18-33(25)48/h6-10,15-16,20,24,27,50H,1,11-14,17-19,21-23H2,2-5H3,(H2,42,43,44,51)/t24-/m0/s1. The highest BCUT2D eigenvalue weighted by atomic mass is 16.5. The van der Waals surface area contributed by atoms with E-state index in [4.69, 9.17) is 9.72 Å². The Hall–Kier alpha value is -5.31. The summed E-state index contributed by atoms with van der Waals surface area (Å²) < 4.78 is 9.02. The van der Waals surface area contributed by atoms with Gasteiger partial charge in [-0.05, 0) is 72.7 Å². The molecule has 7 heterocycles. The molecule has 2 fully saturated rings. The van der Waals surface area contributed by atoms with Gasteiger partial charge in [-0.25, -0.2) is 9.97 Å². The molecule has 14 nitrogen and oxygen atoms in total. The van der Waals surface area contributed by atoms with Crippen molar-refractivity contribution in [2.24, 2.45) is 12.5 Å². The number of nitrogens with zero attached hydrogens (tertiary/aromatic N) is 7. The third kappa shape index (κ3) is 6.37. The fourth-order valence-corrected chi connectivity index (χ4v) is 8.46. The topological polar surface area (TPSA) is 150 Å². The van der Waals surface area contributed by atoms with Gasteiger partial charge in [0.05, 0.1) is 31.5 Å². The summed E-state index contributed by atoms with van der Waals surface area (Å²) in [6.45, 7) is 15.0. The summed E-state index contributed by atoms with van der Waals surface area (Å²) in [6, 6.07) is 9.81. The molecule has 0 bridgehead atoms. The van der Waals surface area contributed by atoms with E-state index in [1.54, 1.807) is 42.5 Å². The molecule has 1 aliphatic carbocycles. The normalized spacial score (nSPS) is 19.6. The summed E-state index contributed by atoms with van der Waals surface area (Å²) in [7, 11) is 1.66. The number of carbonyl (C=O) groups is 2. The molecule has 0 radical (unpaired) electrons. The van der Waals surface area contributed by atoms with Crippen LogP contribution in [0.15, 0.2) is 60.2 Å². The van der Waals surface area contributed by atoms with Gasteiger partial charge in [0, 0.05) is 75.0 Å². The van der Waals surface area contributed by atoms with Crippen LogP contribution in [0.2, 0.25) is 0 Å². The molecule has 14 heteroatoms. The number of hydrogen-bond donors (Lipinski definition) is 3. The molecule has 282 valence electrons. The summed E-state index contributed by atoms with van der Waals surface area (Å²) in [6.07, 6.45) is 6.40. The number of nitrogens with one attached hydrogen (secondary N) is 2. The number of rotatable bonds is 9. The van der Waals surface area contributed by atoms with Crippen molar-refractivity contribution in [3.05, 3.63) is 88.2 Å². The second-order valence-corrected chi connectivity index (χ2v) is 15.6. The van der Waals surface area contributed by atoms with Gasteiger partial charge in [-0.1, -0.05) is 20.4 Å². The Morgan fingerprint density at radius 3 is 2.65 bits per heavy atom. The van der Waals surface area contributed by atoms with E-state index in [2.05, 4.69) is 57.3 Å². The van der Waals surface area contributed by atoms with Gasteiger partial charge in [-0.3, -0.25) is 24.2 Å². The Morgan fingerprint density at radius 1 is 1.11 bits per heavy atom. The summed E-state index contributed by atoms with van der Waals surface area (Å²) in [5.41, 5.74) is 5.79. The third-order valence-corrected chi connectivity index (χ3v) is 11.2. The molecule has 0 saturated carbocycles. The van der Waals surface area contributed by atoms with Crippen LogP contribution in [0.3, 0.4) is 0 Å². The van der Waals surface area contributed by atoms with Crippen molar-refractivity contribution in [1.82, 2.24) is 24.0 Å². The maximum Gasteiger partial charge on any atom is 0.276 e. The predicted molar refractivity (Wildman–Crippen MR) is 207 cm³/mol. The molecule has 54 heavy (non-hydrogen) atoms. The number of aliphatic hydroxyl groups excluding tert-OH is 1. The number of carbonyl (C=O) groups excluding carboxylic acids is 2. The fraction of sp³-hybridized carbons (Fsp3) is 0.425. The van der Waals surface area contributed by atoms with Crippen LogP contribution in [0.4, 0.5) is 28.8 Å². The zero-order valence-corrected chi connectivity index (χ0v) is 31.3. The van der Waals surface area contributed by atoms with Gasteiger partial charge in [0.25, 0.3) is 11.5 Å². The summed E-state index contributed by atoms with van der Waals surface area (Å²) in [5.74, 6) is 0.578. The van der Waals surface area contributed by atoms with E-state index in [-0.39, 0.29) is 35.2 Å². The number of aromatic nitrogens is 4. The van der Waals surface area contributed by atoms with E-state index in [0.717, 1.165) is 51.4 Å². The number of aryl methyl sites for hydroxylation is 1. The smallest absolute Gasteiger partial charge is 0.276 e. The minimum Gasteiger partial charge on any atom is -0.392 e. The molecule has 0 aromatic carbocycles. The molecular formula is C40H47N9O5. The zero-order chi connectivity index (χ0) is 37.9. The fourth-order valence-electron chi connectivity index (χ4n) is 8.46. The first kappa shape index (κ1) is 35.7. The number of pyridine rings is 3. The lowest BCUT2D eigenvalue weighted by Gasteiger charge is -2.46. The van der Waals surface area contributed by atoms with Gasteiger partial charge in [0.1, 0.15) is 23.0 Å². The molecule has 4 aliphatic rings. The second-order valence-electron chi connectivity index (χ2n) is 15.6. The largest absolute Gasteiger partial charge is 0.392 e. The minimum absolute atomic E-state index is 0.145. The van der Waals surface area contributed by atoms with Gasteiger partial charge in [0.15, 0.2) is 5.82 Å². The van der Waals surface area contributed by atoms with Crippen LogP contribution in [-0.2, 0) is 42.6 Å². The van der Waals surface area contributed by atoms with Gasteiger partial charge in [-0.2, -0.15) is 0 Å². The van der Waals surface area contributed by atoms with Crippen LogP contribution in [0.1, 0.15) is 48.1 Å². The molecule has 2 saturated heterocycles. The summed E-state index contributed by atoms with van der Waals surface area (Å²) in [4.78, 5) is 55.7. The second kappa shape index (κ2) is 13.8. The molecule has 4 aromatic rings. The predicted octanol–water partition coefficient (Wildman–Crippen LogP) is 3.70. The molecule has 1 atom stereocenters. The molecular weight excluding hydrogens is 686 g/mol. The van der Waals surface area contributed by atoms with Crippen molar-refractivity contribution in [2.75, 3.05) is 59.8 Å². The number of fused-ring (bicyclic) bond motifs is 3. The van der Waals surface area contributed by atoms with Gasteiger partial charge in [-0.15, -0.1) is 0 Å². The molecule has 0 unspecified atom stereocenters. The maximum absolute atomic E-state index is 13.9. The molecule has 3 aliphatic heterocycles. The Morgan fingerprint density at radius 2 is 1.93 bits per heavy atom. The van der Waals surface area contributed by atoms with E-state index >= 15 is 0 Å². The van der Waals surface area contributed by atoms with Crippen molar-refractivity contribution in [3.8, 4) is 11.1 Å². The highest BCUT2D eigenvalue weighted by molar-refractivity contribution is 6.06. The van der Waals surface area contributed by atoms with E-state index in [9.17, 15) is 19.5 Å².